The van der Waals surface area contributed by atoms with Gasteiger partial charge in [-0.2, -0.15) is 0 Å². The summed E-state index contributed by atoms with van der Waals surface area (Å²) >= 11 is 11.4. The third-order valence-corrected chi connectivity index (χ3v) is 2.52. The Balaban J connectivity index is 2.04. The standard InChI is InChI=1S/C6H7Cl2N/c7-2-6-5-1-4(8)3-9(5)6/h1,5-6H,2-3H2. The van der Waals surface area contributed by atoms with Gasteiger partial charge in [-0.3, -0.25) is 4.90 Å². The molecule has 0 aliphatic carbocycles. The van der Waals surface area contributed by atoms with Gasteiger partial charge in [0.15, 0.2) is 0 Å². The molecule has 0 aromatic heterocycles. The molecule has 2 aliphatic heterocycles. The van der Waals surface area contributed by atoms with Crippen molar-refractivity contribution in [3.63, 3.8) is 0 Å². The van der Waals surface area contributed by atoms with Crippen LogP contribution < -0.4 is 0 Å². The minimum Gasteiger partial charge on any atom is -0.284 e. The number of fused-ring (bicyclic) bond motifs is 1. The van der Waals surface area contributed by atoms with E-state index in [-0.39, 0.29) is 0 Å². The highest BCUT2D eigenvalue weighted by Gasteiger charge is 2.48. The SMILES string of the molecule is ClCC1C2C=C(Cl)CN21. The summed E-state index contributed by atoms with van der Waals surface area (Å²) in [5.74, 6) is 0.741. The van der Waals surface area contributed by atoms with Gasteiger partial charge >= 0.3 is 0 Å². The summed E-state index contributed by atoms with van der Waals surface area (Å²) in [6, 6.07) is 1.17. The van der Waals surface area contributed by atoms with Crippen molar-refractivity contribution in [3.05, 3.63) is 11.1 Å². The fourth-order valence-corrected chi connectivity index (χ4v) is 2.00. The monoisotopic (exact) mass is 163 g/mol. The summed E-state index contributed by atoms with van der Waals surface area (Å²) in [7, 11) is 0. The van der Waals surface area contributed by atoms with Gasteiger partial charge in [0.05, 0.1) is 0 Å². The van der Waals surface area contributed by atoms with Crippen LogP contribution in [0.1, 0.15) is 0 Å². The second-order valence-electron chi connectivity index (χ2n) is 2.50. The van der Waals surface area contributed by atoms with Crippen molar-refractivity contribution in [1.82, 2.24) is 4.90 Å². The maximum atomic E-state index is 5.74. The predicted octanol–water partition coefficient (Wildman–Crippen LogP) is 1.41. The lowest BCUT2D eigenvalue weighted by Gasteiger charge is -1.95. The van der Waals surface area contributed by atoms with Gasteiger partial charge in [-0.15, -0.1) is 11.6 Å². The molecule has 0 N–H and O–H groups in total. The van der Waals surface area contributed by atoms with Gasteiger partial charge in [-0.1, -0.05) is 11.6 Å². The molecule has 0 spiro atoms. The third kappa shape index (κ3) is 0.794. The first-order valence-corrected chi connectivity index (χ1v) is 3.92. The Hall–Kier alpha value is 0.280. The van der Waals surface area contributed by atoms with Gasteiger partial charge in [0.25, 0.3) is 0 Å². The highest BCUT2D eigenvalue weighted by Crippen LogP contribution is 2.38. The average molecular weight is 164 g/mol. The van der Waals surface area contributed by atoms with E-state index in [0.29, 0.717) is 12.1 Å². The van der Waals surface area contributed by atoms with Gasteiger partial charge in [0.2, 0.25) is 0 Å². The summed E-state index contributed by atoms with van der Waals surface area (Å²) in [5, 5.41) is 0.973. The zero-order valence-corrected chi connectivity index (χ0v) is 6.36. The first-order valence-electron chi connectivity index (χ1n) is 3.01. The molecule has 2 heterocycles. The quantitative estimate of drug-likeness (QED) is 0.418. The average Bonchev–Trinajstić information content (AvgIpc) is 2.30. The molecule has 2 rings (SSSR count). The molecule has 1 saturated heterocycles. The van der Waals surface area contributed by atoms with Crippen molar-refractivity contribution >= 4 is 23.2 Å². The van der Waals surface area contributed by atoms with Crippen LogP contribution in [-0.2, 0) is 0 Å². The van der Waals surface area contributed by atoms with E-state index in [9.17, 15) is 0 Å². The van der Waals surface area contributed by atoms with Gasteiger partial charge < -0.3 is 0 Å². The van der Waals surface area contributed by atoms with E-state index in [1.165, 1.54) is 0 Å². The molecule has 0 saturated carbocycles. The topological polar surface area (TPSA) is 3.01 Å². The van der Waals surface area contributed by atoms with E-state index in [1.54, 1.807) is 0 Å². The van der Waals surface area contributed by atoms with Gasteiger partial charge in [-0.05, 0) is 6.08 Å². The second kappa shape index (κ2) is 1.88. The van der Waals surface area contributed by atoms with E-state index >= 15 is 0 Å². The Morgan fingerprint density at radius 1 is 1.78 bits per heavy atom. The maximum absolute atomic E-state index is 5.74. The number of halogens is 2. The van der Waals surface area contributed by atoms with Crippen molar-refractivity contribution in [1.29, 1.82) is 0 Å². The molecular formula is C6H7Cl2N. The highest BCUT2D eigenvalue weighted by atomic mass is 35.5. The van der Waals surface area contributed by atoms with Gasteiger partial charge in [0, 0.05) is 29.5 Å². The van der Waals surface area contributed by atoms with Gasteiger partial charge in [-0.25, -0.2) is 0 Å². The number of hydrogen-bond acceptors (Lipinski definition) is 1. The van der Waals surface area contributed by atoms with Crippen LogP contribution in [0, 0.1) is 0 Å². The molecule has 0 aromatic carbocycles. The normalized spacial score (nSPS) is 46.4. The summed E-state index contributed by atoms with van der Waals surface area (Å²) in [6.45, 7) is 0.920. The molecule has 9 heavy (non-hydrogen) atoms. The second-order valence-corrected chi connectivity index (χ2v) is 3.29. The number of alkyl halides is 1. The van der Waals surface area contributed by atoms with Crippen LogP contribution in [0.5, 0.6) is 0 Å². The highest BCUT2D eigenvalue weighted by molar-refractivity contribution is 6.30. The Morgan fingerprint density at radius 2 is 2.56 bits per heavy atom. The van der Waals surface area contributed by atoms with E-state index in [0.717, 1.165) is 17.5 Å². The molecule has 0 amide bonds. The first kappa shape index (κ1) is 6.02. The smallest absolute Gasteiger partial charge is 0.0468 e. The van der Waals surface area contributed by atoms with Crippen molar-refractivity contribution in [3.8, 4) is 0 Å². The summed E-state index contributed by atoms with van der Waals surface area (Å²) in [4.78, 5) is 2.29. The molecule has 3 heteroatoms. The van der Waals surface area contributed by atoms with E-state index in [1.807, 2.05) is 0 Å². The van der Waals surface area contributed by atoms with E-state index < -0.39 is 0 Å². The molecule has 0 bridgehead atoms. The number of rotatable bonds is 1. The molecule has 2 aliphatic rings. The molecular weight excluding hydrogens is 157 g/mol. The molecule has 1 fully saturated rings. The molecule has 0 aromatic rings. The Kier molecular flexibility index (Phi) is 1.26. The van der Waals surface area contributed by atoms with E-state index in [4.69, 9.17) is 23.2 Å². The third-order valence-electron chi connectivity index (χ3n) is 1.96. The minimum absolute atomic E-state index is 0.579. The Bertz CT molecular complexity index is 166. The lowest BCUT2D eigenvalue weighted by atomic mass is 10.3. The van der Waals surface area contributed by atoms with Crippen LogP contribution in [0.25, 0.3) is 0 Å². The van der Waals surface area contributed by atoms with Crippen LogP contribution in [0.15, 0.2) is 11.1 Å². The summed E-state index contributed by atoms with van der Waals surface area (Å²) < 4.78 is 0. The van der Waals surface area contributed by atoms with Crippen molar-refractivity contribution in [2.45, 2.75) is 12.1 Å². The first-order chi connectivity index (χ1) is 4.33. The number of nitrogens with zero attached hydrogens (tertiary/aromatic N) is 1. The fourth-order valence-electron chi connectivity index (χ4n) is 1.38. The zero-order valence-electron chi connectivity index (χ0n) is 4.85. The molecule has 3 atom stereocenters. The van der Waals surface area contributed by atoms with Crippen molar-refractivity contribution < 1.29 is 0 Å². The zero-order chi connectivity index (χ0) is 6.43. The summed E-state index contributed by atoms with van der Waals surface area (Å²) in [6.07, 6.45) is 2.09. The fraction of sp³-hybridized carbons (Fsp3) is 0.667. The molecule has 0 radical (unpaired) electrons. The molecule has 1 nitrogen and oxygen atoms in total. The van der Waals surface area contributed by atoms with E-state index in [2.05, 4.69) is 11.0 Å². The Morgan fingerprint density at radius 3 is 3.00 bits per heavy atom. The van der Waals surface area contributed by atoms with Crippen LogP contribution in [0.2, 0.25) is 0 Å². The lowest BCUT2D eigenvalue weighted by molar-refractivity contribution is 0.576. The lowest BCUT2D eigenvalue weighted by Crippen LogP contribution is -2.03. The maximum Gasteiger partial charge on any atom is 0.0468 e. The van der Waals surface area contributed by atoms with Gasteiger partial charge in [0.1, 0.15) is 0 Å². The van der Waals surface area contributed by atoms with Crippen LogP contribution in [-0.4, -0.2) is 29.4 Å². The minimum atomic E-state index is 0.579. The molecule has 50 valence electrons. The van der Waals surface area contributed by atoms with Crippen LogP contribution in [0.3, 0.4) is 0 Å². The summed E-state index contributed by atoms with van der Waals surface area (Å²) in [5.41, 5.74) is 0. The largest absolute Gasteiger partial charge is 0.284 e. The van der Waals surface area contributed by atoms with Crippen LogP contribution in [0.4, 0.5) is 0 Å². The van der Waals surface area contributed by atoms with Crippen molar-refractivity contribution in [2.24, 2.45) is 0 Å². The number of hydrogen-bond donors (Lipinski definition) is 0. The van der Waals surface area contributed by atoms with Crippen molar-refractivity contribution in [2.75, 3.05) is 12.4 Å². The Labute approximate surface area is 64.2 Å². The van der Waals surface area contributed by atoms with Crippen LogP contribution >= 0.6 is 23.2 Å². The molecule has 3 unspecified atom stereocenters. The predicted molar refractivity (Wildman–Crippen MR) is 38.9 cm³/mol.